The number of aliphatic hydroxyl groups excluding tert-OH is 1. The van der Waals surface area contributed by atoms with Gasteiger partial charge >= 0.3 is 0 Å². The lowest BCUT2D eigenvalue weighted by atomic mass is 10.0. The van der Waals surface area contributed by atoms with Gasteiger partial charge in [-0.05, 0) is 36.5 Å². The maximum absolute atomic E-state index is 13.6. The Morgan fingerprint density at radius 3 is 2.79 bits per heavy atom. The summed E-state index contributed by atoms with van der Waals surface area (Å²) in [5, 5.41) is 9.21. The van der Waals surface area contributed by atoms with Gasteiger partial charge in [0.25, 0.3) is 0 Å². The first-order valence-electron chi connectivity index (χ1n) is 5.18. The normalized spacial score (nSPS) is 10.2. The zero-order valence-electron chi connectivity index (χ0n) is 9.43. The molecule has 0 fully saturated rings. The number of aliphatic hydroxyl groups is 1. The highest BCUT2D eigenvalue weighted by atomic mass is 35.5. The van der Waals surface area contributed by atoms with E-state index < -0.39 is 10.9 Å². The maximum Gasteiger partial charge on any atom is 0.190 e. The lowest BCUT2D eigenvalue weighted by Crippen LogP contribution is -2.03. The summed E-state index contributed by atoms with van der Waals surface area (Å²) in [5.74, 6) is -0.713. The largest absolute Gasteiger partial charge is 0.498 e. The van der Waals surface area contributed by atoms with Crippen molar-refractivity contribution < 1.29 is 14.3 Å². The van der Waals surface area contributed by atoms with E-state index in [0.717, 1.165) is 6.07 Å². The van der Waals surface area contributed by atoms with Crippen LogP contribution in [0.3, 0.4) is 0 Å². The fourth-order valence-corrected chi connectivity index (χ4v) is 2.12. The summed E-state index contributed by atoms with van der Waals surface area (Å²) in [6.45, 7) is 0. The van der Waals surface area contributed by atoms with Crippen LogP contribution in [0.15, 0.2) is 30.5 Å². The van der Waals surface area contributed by atoms with Crippen molar-refractivity contribution in [3.05, 3.63) is 52.4 Å². The predicted molar refractivity (Wildman–Crippen MR) is 74.4 cm³/mol. The summed E-state index contributed by atoms with van der Waals surface area (Å²) in [6, 6.07) is 5.49. The molecule has 1 N–H and O–H groups in total. The molecule has 0 aliphatic heterocycles. The summed E-state index contributed by atoms with van der Waals surface area (Å²) in [7, 11) is 0. The van der Waals surface area contributed by atoms with E-state index in [2.05, 4.69) is 4.98 Å². The Morgan fingerprint density at radius 1 is 1.42 bits per heavy atom. The molecule has 0 bridgehead atoms. The second-order valence-electron chi connectivity index (χ2n) is 3.64. The van der Waals surface area contributed by atoms with E-state index >= 15 is 0 Å². The van der Waals surface area contributed by atoms with Crippen molar-refractivity contribution in [1.82, 2.24) is 4.98 Å². The molecule has 2 rings (SSSR count). The Balaban J connectivity index is 2.83. The second-order valence-corrected chi connectivity index (χ2v) is 4.43. The standard InChI is InChI=1S/C13H7ClFNO2S/c14-9-3-4-10(15)8(6-17)11(9)12-7(13(18)19)2-1-5-16-12/h1-6H,(H,18,19). The van der Waals surface area contributed by atoms with Crippen LogP contribution >= 0.6 is 23.8 Å². The predicted octanol–water partition coefficient (Wildman–Crippen LogP) is 3.59. The van der Waals surface area contributed by atoms with Gasteiger partial charge in [-0.2, -0.15) is 0 Å². The van der Waals surface area contributed by atoms with Crippen LogP contribution in [0.5, 0.6) is 0 Å². The number of hydrogen-bond donors (Lipinski definition) is 1. The molecule has 0 radical (unpaired) electrons. The first kappa shape index (κ1) is 13.6. The van der Waals surface area contributed by atoms with Crippen LogP contribution in [-0.4, -0.2) is 21.4 Å². The number of aromatic nitrogens is 1. The molecule has 0 saturated heterocycles. The molecular formula is C13H7ClFNO2S. The lowest BCUT2D eigenvalue weighted by molar-refractivity contribution is 0.112. The van der Waals surface area contributed by atoms with E-state index in [1.54, 1.807) is 6.07 Å². The van der Waals surface area contributed by atoms with E-state index in [-0.39, 0.29) is 27.4 Å². The highest BCUT2D eigenvalue weighted by molar-refractivity contribution is 7.80. The van der Waals surface area contributed by atoms with Gasteiger partial charge in [-0.25, -0.2) is 4.39 Å². The van der Waals surface area contributed by atoms with Crippen LogP contribution in [0.25, 0.3) is 11.3 Å². The first-order valence-corrected chi connectivity index (χ1v) is 5.96. The second kappa shape index (κ2) is 5.42. The molecule has 0 saturated carbocycles. The molecule has 0 aliphatic carbocycles. The number of rotatable bonds is 3. The van der Waals surface area contributed by atoms with Crippen LogP contribution in [0.4, 0.5) is 4.39 Å². The van der Waals surface area contributed by atoms with Crippen LogP contribution in [0, 0.1) is 5.82 Å². The highest BCUT2D eigenvalue weighted by Crippen LogP contribution is 2.33. The van der Waals surface area contributed by atoms with Gasteiger partial charge in [0, 0.05) is 11.8 Å². The molecule has 1 aromatic carbocycles. The third-order valence-corrected chi connectivity index (χ3v) is 3.07. The van der Waals surface area contributed by atoms with E-state index in [9.17, 15) is 14.3 Å². The first-order chi connectivity index (χ1) is 9.06. The maximum atomic E-state index is 13.6. The SMILES string of the molecule is O=Cc1c(F)ccc(Cl)c1-c1ncccc1C(O)=S. The molecule has 3 nitrogen and oxygen atoms in total. The summed E-state index contributed by atoms with van der Waals surface area (Å²) in [4.78, 5) is 15.1. The van der Waals surface area contributed by atoms with E-state index in [1.807, 2.05) is 0 Å². The van der Waals surface area contributed by atoms with Gasteiger partial charge in [0.15, 0.2) is 11.3 Å². The number of hydrogen-bond acceptors (Lipinski definition) is 3. The zero-order chi connectivity index (χ0) is 14.0. The molecule has 1 aromatic heterocycles. The number of carbonyl (C=O) groups is 1. The number of halogens is 2. The average molecular weight is 296 g/mol. The Labute approximate surface area is 118 Å². The Kier molecular flexibility index (Phi) is 3.87. The molecule has 0 spiro atoms. The zero-order valence-corrected chi connectivity index (χ0v) is 11.0. The van der Waals surface area contributed by atoms with Crippen molar-refractivity contribution in [3.63, 3.8) is 0 Å². The van der Waals surface area contributed by atoms with Gasteiger partial charge in [0.2, 0.25) is 0 Å². The van der Waals surface area contributed by atoms with Crippen molar-refractivity contribution in [2.75, 3.05) is 0 Å². The fraction of sp³-hybridized carbons (Fsp3) is 0. The number of aldehydes is 1. The number of nitrogens with zero attached hydrogens (tertiary/aromatic N) is 1. The molecule has 0 unspecified atom stereocenters. The summed E-state index contributed by atoms with van der Waals surface area (Å²) >= 11 is 10.7. The number of carbonyl (C=O) groups excluding carboxylic acids is 1. The van der Waals surface area contributed by atoms with Gasteiger partial charge in [0.1, 0.15) is 5.82 Å². The van der Waals surface area contributed by atoms with Crippen molar-refractivity contribution >= 4 is 35.2 Å². The molecule has 2 aromatic rings. The number of thiocarbonyl (C=S) groups is 1. The Bertz CT molecular complexity index is 676. The molecule has 0 atom stereocenters. The third kappa shape index (κ3) is 2.47. The smallest absolute Gasteiger partial charge is 0.190 e. The number of benzene rings is 1. The molecule has 96 valence electrons. The highest BCUT2D eigenvalue weighted by Gasteiger charge is 2.19. The molecule has 6 heteroatoms. The minimum atomic E-state index is -0.713. The topological polar surface area (TPSA) is 50.2 Å². The van der Waals surface area contributed by atoms with Gasteiger partial charge in [-0.3, -0.25) is 9.78 Å². The molecule has 0 aliphatic rings. The molecule has 1 heterocycles. The third-order valence-electron chi connectivity index (χ3n) is 2.53. The number of pyridine rings is 1. The van der Waals surface area contributed by atoms with Crippen molar-refractivity contribution in [2.45, 2.75) is 0 Å². The van der Waals surface area contributed by atoms with Crippen LogP contribution < -0.4 is 0 Å². The van der Waals surface area contributed by atoms with Crippen LogP contribution in [-0.2, 0) is 0 Å². The summed E-state index contributed by atoms with van der Waals surface area (Å²) in [5.41, 5.74) is 0.280. The van der Waals surface area contributed by atoms with Crippen LogP contribution in [0.1, 0.15) is 15.9 Å². The van der Waals surface area contributed by atoms with Gasteiger partial charge in [-0.1, -0.05) is 11.6 Å². The van der Waals surface area contributed by atoms with Crippen molar-refractivity contribution in [1.29, 1.82) is 0 Å². The quantitative estimate of drug-likeness (QED) is 0.694. The molecule has 19 heavy (non-hydrogen) atoms. The van der Waals surface area contributed by atoms with Crippen molar-refractivity contribution in [2.24, 2.45) is 0 Å². The Morgan fingerprint density at radius 2 is 2.16 bits per heavy atom. The van der Waals surface area contributed by atoms with Gasteiger partial charge < -0.3 is 5.11 Å². The molecular weight excluding hydrogens is 289 g/mol. The minimum Gasteiger partial charge on any atom is -0.498 e. The fourth-order valence-electron chi connectivity index (χ4n) is 1.70. The summed E-state index contributed by atoms with van der Waals surface area (Å²) < 4.78 is 13.6. The summed E-state index contributed by atoms with van der Waals surface area (Å²) in [6.07, 6.45) is 1.79. The van der Waals surface area contributed by atoms with Crippen LogP contribution in [0.2, 0.25) is 5.02 Å². The monoisotopic (exact) mass is 295 g/mol. The lowest BCUT2D eigenvalue weighted by Gasteiger charge is -2.11. The van der Waals surface area contributed by atoms with Gasteiger partial charge in [0.05, 0.1) is 21.8 Å². The van der Waals surface area contributed by atoms with Gasteiger partial charge in [-0.15, -0.1) is 0 Å². The van der Waals surface area contributed by atoms with E-state index in [1.165, 1.54) is 18.3 Å². The van der Waals surface area contributed by atoms with Crippen molar-refractivity contribution in [3.8, 4) is 11.3 Å². The van der Waals surface area contributed by atoms with E-state index in [0.29, 0.717) is 6.29 Å². The average Bonchev–Trinajstić information content (AvgIpc) is 2.41. The molecule has 0 amide bonds. The Hall–Kier alpha value is -1.85. The minimum absolute atomic E-state index is 0.115. The van der Waals surface area contributed by atoms with E-state index in [4.69, 9.17) is 23.8 Å².